The number of fused-ring (bicyclic) bond motifs is 1. The van der Waals surface area contributed by atoms with Crippen molar-refractivity contribution in [2.75, 3.05) is 18.5 Å². The van der Waals surface area contributed by atoms with Crippen molar-refractivity contribution in [3.63, 3.8) is 0 Å². The molecule has 0 aromatic heterocycles. The molecule has 0 atom stereocenters. The second kappa shape index (κ2) is 6.92. The minimum Gasteiger partial charge on any atom is -0.486 e. The highest BCUT2D eigenvalue weighted by molar-refractivity contribution is 6.32. The lowest BCUT2D eigenvalue weighted by molar-refractivity contribution is -0.115. The van der Waals surface area contributed by atoms with Crippen LogP contribution in [0.4, 0.5) is 5.69 Å². The maximum Gasteiger partial charge on any atom is 0.228 e. The summed E-state index contributed by atoms with van der Waals surface area (Å²) in [6.07, 6.45) is 1.16. The Labute approximate surface area is 140 Å². The van der Waals surface area contributed by atoms with Gasteiger partial charge in [0.05, 0.1) is 11.4 Å². The lowest BCUT2D eigenvalue weighted by Crippen LogP contribution is -2.17. The Hall–Kier alpha value is -2.20. The van der Waals surface area contributed by atoms with E-state index in [1.165, 1.54) is 5.56 Å². The summed E-state index contributed by atoms with van der Waals surface area (Å²) in [6, 6.07) is 11.4. The van der Waals surface area contributed by atoms with Gasteiger partial charge in [0.2, 0.25) is 5.91 Å². The van der Waals surface area contributed by atoms with Crippen LogP contribution in [0, 0.1) is 0 Å². The lowest BCUT2D eigenvalue weighted by Gasteiger charge is -2.20. The third-order valence-electron chi connectivity index (χ3n) is 3.64. The van der Waals surface area contributed by atoms with Gasteiger partial charge in [0.1, 0.15) is 13.2 Å². The summed E-state index contributed by atoms with van der Waals surface area (Å²) in [5, 5.41) is 3.38. The molecular formula is C18H18ClNO3. The molecule has 1 heterocycles. The molecule has 2 aromatic rings. The SMILES string of the molecule is CCc1cccc(NC(=O)Cc2cc(Cl)c3c(c2)OCCO3)c1. The van der Waals surface area contributed by atoms with Crippen LogP contribution in [0.25, 0.3) is 0 Å². The third kappa shape index (κ3) is 3.77. The Morgan fingerprint density at radius 1 is 1.17 bits per heavy atom. The quantitative estimate of drug-likeness (QED) is 0.925. The molecule has 1 aliphatic rings. The molecule has 3 rings (SSSR count). The second-order valence-electron chi connectivity index (χ2n) is 5.38. The van der Waals surface area contributed by atoms with Crippen LogP contribution < -0.4 is 14.8 Å². The predicted molar refractivity (Wildman–Crippen MR) is 90.6 cm³/mol. The number of carbonyl (C=O) groups excluding carboxylic acids is 1. The maximum atomic E-state index is 12.2. The van der Waals surface area contributed by atoms with Gasteiger partial charge in [0, 0.05) is 5.69 Å². The normalized spacial score (nSPS) is 12.8. The van der Waals surface area contributed by atoms with Crippen LogP contribution in [-0.2, 0) is 17.6 Å². The highest BCUT2D eigenvalue weighted by Gasteiger charge is 2.17. The van der Waals surface area contributed by atoms with E-state index in [2.05, 4.69) is 12.2 Å². The molecule has 0 aliphatic carbocycles. The van der Waals surface area contributed by atoms with E-state index in [4.69, 9.17) is 21.1 Å². The topological polar surface area (TPSA) is 47.6 Å². The first-order valence-corrected chi connectivity index (χ1v) is 8.00. The molecule has 120 valence electrons. The summed E-state index contributed by atoms with van der Waals surface area (Å²) in [7, 11) is 0. The maximum absolute atomic E-state index is 12.2. The molecule has 0 radical (unpaired) electrons. The Kier molecular flexibility index (Phi) is 4.72. The van der Waals surface area contributed by atoms with Crippen LogP contribution in [0.1, 0.15) is 18.1 Å². The number of nitrogens with one attached hydrogen (secondary N) is 1. The van der Waals surface area contributed by atoms with E-state index >= 15 is 0 Å². The lowest BCUT2D eigenvalue weighted by atomic mass is 10.1. The van der Waals surface area contributed by atoms with Gasteiger partial charge >= 0.3 is 0 Å². The van der Waals surface area contributed by atoms with Gasteiger partial charge in [-0.15, -0.1) is 0 Å². The molecule has 0 saturated carbocycles. The van der Waals surface area contributed by atoms with Crippen LogP contribution in [0.3, 0.4) is 0 Å². The molecule has 0 fully saturated rings. The molecule has 1 aliphatic heterocycles. The molecule has 0 bridgehead atoms. The summed E-state index contributed by atoms with van der Waals surface area (Å²) < 4.78 is 11.0. The molecule has 1 N–H and O–H groups in total. The van der Waals surface area contributed by atoms with Gasteiger partial charge in [-0.3, -0.25) is 4.79 Å². The van der Waals surface area contributed by atoms with Crippen molar-refractivity contribution in [1.82, 2.24) is 0 Å². The van der Waals surface area contributed by atoms with Gasteiger partial charge in [-0.2, -0.15) is 0 Å². The highest BCUT2D eigenvalue weighted by Crippen LogP contribution is 2.38. The van der Waals surface area contributed by atoms with E-state index in [0.29, 0.717) is 29.7 Å². The zero-order valence-corrected chi connectivity index (χ0v) is 13.7. The number of halogens is 1. The Morgan fingerprint density at radius 2 is 2.00 bits per heavy atom. The van der Waals surface area contributed by atoms with Crippen molar-refractivity contribution in [2.45, 2.75) is 19.8 Å². The molecule has 0 saturated heterocycles. The summed E-state index contributed by atoms with van der Waals surface area (Å²) in [5.41, 5.74) is 2.78. The fourth-order valence-electron chi connectivity index (χ4n) is 2.53. The standard InChI is InChI=1S/C18H18ClNO3/c1-2-12-4-3-5-14(8-12)20-17(21)11-13-9-15(19)18-16(10-13)22-6-7-23-18/h3-5,8-10H,2,6-7,11H2,1H3,(H,20,21). The molecule has 0 unspecified atom stereocenters. The number of benzene rings is 2. The van der Waals surface area contributed by atoms with E-state index in [1.807, 2.05) is 30.3 Å². The van der Waals surface area contributed by atoms with Gasteiger partial charge in [0.15, 0.2) is 11.5 Å². The minimum atomic E-state index is -0.0917. The second-order valence-corrected chi connectivity index (χ2v) is 5.79. The van der Waals surface area contributed by atoms with E-state index in [1.54, 1.807) is 6.07 Å². The fraction of sp³-hybridized carbons (Fsp3) is 0.278. The Bertz CT molecular complexity index is 730. The van der Waals surface area contributed by atoms with Gasteiger partial charge in [0.25, 0.3) is 0 Å². The van der Waals surface area contributed by atoms with E-state index in [-0.39, 0.29) is 12.3 Å². The van der Waals surface area contributed by atoms with Crippen molar-refractivity contribution in [1.29, 1.82) is 0 Å². The van der Waals surface area contributed by atoms with E-state index < -0.39 is 0 Å². The first-order valence-electron chi connectivity index (χ1n) is 7.62. The average molecular weight is 332 g/mol. The summed E-state index contributed by atoms with van der Waals surface area (Å²) in [4.78, 5) is 12.2. The van der Waals surface area contributed by atoms with Crippen molar-refractivity contribution in [2.24, 2.45) is 0 Å². The smallest absolute Gasteiger partial charge is 0.228 e. The molecule has 1 amide bonds. The molecule has 2 aromatic carbocycles. The first kappa shape index (κ1) is 15.7. The van der Waals surface area contributed by atoms with Crippen LogP contribution in [0.2, 0.25) is 5.02 Å². The van der Waals surface area contributed by atoms with E-state index in [9.17, 15) is 4.79 Å². The average Bonchev–Trinajstić information content (AvgIpc) is 2.55. The highest BCUT2D eigenvalue weighted by atomic mass is 35.5. The molecule has 0 spiro atoms. The number of ether oxygens (including phenoxy) is 2. The Morgan fingerprint density at radius 3 is 2.83 bits per heavy atom. The van der Waals surface area contributed by atoms with E-state index in [0.717, 1.165) is 17.7 Å². The zero-order valence-electron chi connectivity index (χ0n) is 12.9. The number of hydrogen-bond acceptors (Lipinski definition) is 3. The first-order chi connectivity index (χ1) is 11.2. The molecule has 5 heteroatoms. The summed E-state index contributed by atoms with van der Waals surface area (Å²) in [5.74, 6) is 1.06. The summed E-state index contributed by atoms with van der Waals surface area (Å²) in [6.45, 7) is 3.06. The number of anilines is 1. The zero-order chi connectivity index (χ0) is 16.2. The van der Waals surface area contributed by atoms with Crippen LogP contribution in [-0.4, -0.2) is 19.1 Å². The van der Waals surface area contributed by atoms with Gasteiger partial charge in [-0.25, -0.2) is 0 Å². The van der Waals surface area contributed by atoms with Crippen LogP contribution in [0.15, 0.2) is 36.4 Å². The van der Waals surface area contributed by atoms with Crippen molar-refractivity contribution < 1.29 is 14.3 Å². The van der Waals surface area contributed by atoms with Gasteiger partial charge < -0.3 is 14.8 Å². The number of carbonyl (C=O) groups is 1. The number of amides is 1. The largest absolute Gasteiger partial charge is 0.486 e. The van der Waals surface area contributed by atoms with Crippen LogP contribution in [0.5, 0.6) is 11.5 Å². The van der Waals surface area contributed by atoms with Crippen LogP contribution >= 0.6 is 11.6 Å². The summed E-state index contributed by atoms with van der Waals surface area (Å²) >= 11 is 6.19. The molecule has 23 heavy (non-hydrogen) atoms. The number of rotatable bonds is 4. The van der Waals surface area contributed by atoms with Crippen molar-refractivity contribution in [3.05, 3.63) is 52.5 Å². The monoisotopic (exact) mass is 331 g/mol. The number of hydrogen-bond donors (Lipinski definition) is 1. The predicted octanol–water partition coefficient (Wildman–Crippen LogP) is 3.85. The van der Waals surface area contributed by atoms with Gasteiger partial charge in [-0.1, -0.05) is 30.7 Å². The molecule has 4 nitrogen and oxygen atoms in total. The molecular weight excluding hydrogens is 314 g/mol. The minimum absolute atomic E-state index is 0.0917. The number of aryl methyl sites for hydroxylation is 1. The fourth-order valence-corrected chi connectivity index (χ4v) is 2.81. The van der Waals surface area contributed by atoms with Crippen molar-refractivity contribution >= 4 is 23.2 Å². The third-order valence-corrected chi connectivity index (χ3v) is 3.92. The Balaban J connectivity index is 1.71. The van der Waals surface area contributed by atoms with Crippen molar-refractivity contribution in [3.8, 4) is 11.5 Å². The van der Waals surface area contributed by atoms with Gasteiger partial charge in [-0.05, 0) is 41.8 Å².